The lowest BCUT2D eigenvalue weighted by Gasteiger charge is -2.14. The molecule has 0 radical (unpaired) electrons. The highest BCUT2D eigenvalue weighted by Gasteiger charge is 2.29. The van der Waals surface area contributed by atoms with Crippen molar-refractivity contribution in [3.8, 4) is 0 Å². The third-order valence-corrected chi connectivity index (χ3v) is 3.51. The number of nitrogens with one attached hydrogen (secondary N) is 1. The van der Waals surface area contributed by atoms with Crippen LogP contribution in [0.1, 0.15) is 38.2 Å². The zero-order chi connectivity index (χ0) is 16.2. The van der Waals surface area contributed by atoms with E-state index in [9.17, 15) is 18.0 Å². The molecule has 8 heteroatoms. The number of hydrogen-bond donors (Lipinski definition) is 1. The molecular formula is C13H18F3N3OS. The Balaban J connectivity index is 2.70. The van der Waals surface area contributed by atoms with Crippen molar-refractivity contribution in [2.24, 2.45) is 0 Å². The van der Waals surface area contributed by atoms with Gasteiger partial charge in [0.05, 0.1) is 5.25 Å². The first-order valence-corrected chi connectivity index (χ1v) is 7.33. The molecule has 4 nitrogen and oxygen atoms in total. The average molecular weight is 321 g/mol. The van der Waals surface area contributed by atoms with Crippen molar-refractivity contribution < 1.29 is 18.0 Å². The number of carbonyl (C=O) groups is 1. The van der Waals surface area contributed by atoms with Crippen LogP contribution in [0.15, 0.2) is 11.1 Å². The number of amides is 1. The van der Waals surface area contributed by atoms with E-state index in [-0.39, 0.29) is 5.92 Å². The van der Waals surface area contributed by atoms with Gasteiger partial charge < -0.3 is 5.32 Å². The minimum atomic E-state index is -4.41. The van der Waals surface area contributed by atoms with Crippen LogP contribution in [-0.4, -0.2) is 33.8 Å². The molecular weight excluding hydrogens is 303 g/mol. The fourth-order valence-electron chi connectivity index (χ4n) is 1.45. The average Bonchev–Trinajstić information content (AvgIpc) is 2.34. The smallest absolute Gasteiger partial charge is 0.346 e. The normalized spacial score (nSPS) is 13.3. The van der Waals surface area contributed by atoms with Crippen molar-refractivity contribution in [1.29, 1.82) is 0 Å². The van der Waals surface area contributed by atoms with Gasteiger partial charge in [-0.25, -0.2) is 9.97 Å². The minimum absolute atomic E-state index is 0.138. The molecule has 0 bridgehead atoms. The molecule has 0 fully saturated rings. The monoisotopic (exact) mass is 321 g/mol. The van der Waals surface area contributed by atoms with Crippen molar-refractivity contribution in [3.63, 3.8) is 0 Å². The standard InChI is InChI=1S/C13H18F3N3OS/c1-7(2)11-18-8(3)5-10(19-11)21-9(4)12(20)17-6-13(14,15)16/h5,7,9H,6H2,1-4H3,(H,17,20)/t9-/m1/s1. The Morgan fingerprint density at radius 3 is 2.48 bits per heavy atom. The molecule has 1 aromatic heterocycles. The van der Waals surface area contributed by atoms with Gasteiger partial charge in [0.25, 0.3) is 0 Å². The minimum Gasteiger partial charge on any atom is -0.346 e. The quantitative estimate of drug-likeness (QED) is 0.669. The zero-order valence-electron chi connectivity index (χ0n) is 12.3. The molecule has 1 atom stereocenters. The van der Waals surface area contributed by atoms with Crippen molar-refractivity contribution in [1.82, 2.24) is 15.3 Å². The lowest BCUT2D eigenvalue weighted by Crippen LogP contribution is -2.38. The summed E-state index contributed by atoms with van der Waals surface area (Å²) in [4.78, 5) is 20.2. The fraction of sp³-hybridized carbons (Fsp3) is 0.615. The topological polar surface area (TPSA) is 54.9 Å². The number of rotatable bonds is 5. The predicted molar refractivity (Wildman–Crippen MR) is 75.2 cm³/mol. The van der Waals surface area contributed by atoms with E-state index in [0.717, 1.165) is 17.5 Å². The van der Waals surface area contributed by atoms with Gasteiger partial charge in [-0.3, -0.25) is 4.79 Å². The molecule has 1 aromatic rings. The van der Waals surface area contributed by atoms with Crippen LogP contribution >= 0.6 is 11.8 Å². The SMILES string of the molecule is Cc1cc(S[C@H](C)C(=O)NCC(F)(F)F)nc(C(C)C)n1. The van der Waals surface area contributed by atoms with Gasteiger partial charge >= 0.3 is 6.18 Å². The maximum Gasteiger partial charge on any atom is 0.405 e. The molecule has 118 valence electrons. The summed E-state index contributed by atoms with van der Waals surface area (Å²) in [7, 11) is 0. The Bertz CT molecular complexity index is 506. The first-order chi connectivity index (χ1) is 9.58. The number of nitrogens with zero attached hydrogens (tertiary/aromatic N) is 2. The number of hydrogen-bond acceptors (Lipinski definition) is 4. The van der Waals surface area contributed by atoms with E-state index in [2.05, 4.69) is 9.97 Å². The Labute approximate surface area is 125 Å². The summed E-state index contributed by atoms with van der Waals surface area (Å²) < 4.78 is 36.2. The molecule has 0 aliphatic rings. The highest BCUT2D eigenvalue weighted by molar-refractivity contribution is 8.00. The summed E-state index contributed by atoms with van der Waals surface area (Å²) in [6.07, 6.45) is -4.41. The second-order valence-electron chi connectivity index (χ2n) is 4.95. The number of halogens is 3. The Kier molecular flexibility index (Phi) is 6.00. The predicted octanol–water partition coefficient (Wildman–Crippen LogP) is 3.07. The lowest BCUT2D eigenvalue weighted by molar-refractivity contribution is -0.137. The number of aromatic nitrogens is 2. The molecule has 0 saturated heterocycles. The van der Waals surface area contributed by atoms with Crippen molar-refractivity contribution >= 4 is 17.7 Å². The summed E-state index contributed by atoms with van der Waals surface area (Å²) in [6, 6.07) is 1.71. The maximum absolute atomic E-state index is 12.1. The van der Waals surface area contributed by atoms with Crippen LogP contribution in [-0.2, 0) is 4.79 Å². The third kappa shape index (κ3) is 6.33. The Morgan fingerprint density at radius 2 is 1.95 bits per heavy atom. The lowest BCUT2D eigenvalue weighted by atomic mass is 10.2. The van der Waals surface area contributed by atoms with E-state index in [0.29, 0.717) is 10.9 Å². The van der Waals surface area contributed by atoms with Gasteiger partial charge in [0.1, 0.15) is 17.4 Å². The van der Waals surface area contributed by atoms with Crippen molar-refractivity contribution in [2.45, 2.75) is 50.1 Å². The summed E-state index contributed by atoms with van der Waals surface area (Å²) in [5.41, 5.74) is 0.763. The molecule has 1 rings (SSSR count). The first-order valence-electron chi connectivity index (χ1n) is 6.45. The summed E-state index contributed by atoms with van der Waals surface area (Å²) in [5, 5.41) is 1.79. The highest BCUT2D eigenvalue weighted by atomic mass is 32.2. The molecule has 21 heavy (non-hydrogen) atoms. The highest BCUT2D eigenvalue weighted by Crippen LogP contribution is 2.24. The Hall–Kier alpha value is -1.31. The van der Waals surface area contributed by atoms with E-state index in [1.807, 2.05) is 26.1 Å². The molecule has 0 aliphatic carbocycles. The summed E-state index contributed by atoms with van der Waals surface area (Å²) >= 11 is 1.12. The molecule has 0 unspecified atom stereocenters. The van der Waals surface area contributed by atoms with E-state index in [4.69, 9.17) is 0 Å². The van der Waals surface area contributed by atoms with E-state index in [1.54, 1.807) is 13.0 Å². The van der Waals surface area contributed by atoms with Crippen LogP contribution in [0.25, 0.3) is 0 Å². The number of thioether (sulfide) groups is 1. The van der Waals surface area contributed by atoms with Gasteiger partial charge in [-0.1, -0.05) is 25.6 Å². The van der Waals surface area contributed by atoms with Crippen LogP contribution < -0.4 is 5.32 Å². The van der Waals surface area contributed by atoms with Gasteiger partial charge in [0.15, 0.2) is 0 Å². The third-order valence-electron chi connectivity index (χ3n) is 2.49. The van der Waals surface area contributed by atoms with Crippen molar-refractivity contribution in [3.05, 3.63) is 17.6 Å². The molecule has 1 N–H and O–H groups in total. The van der Waals surface area contributed by atoms with Crippen LogP contribution in [0.5, 0.6) is 0 Å². The first kappa shape index (κ1) is 17.7. The van der Waals surface area contributed by atoms with Crippen LogP contribution in [0.4, 0.5) is 13.2 Å². The fourth-order valence-corrected chi connectivity index (χ4v) is 2.38. The number of carbonyl (C=O) groups excluding carboxylic acids is 1. The molecule has 0 saturated carbocycles. The second kappa shape index (κ2) is 7.11. The second-order valence-corrected chi connectivity index (χ2v) is 6.31. The van der Waals surface area contributed by atoms with Gasteiger partial charge in [-0.05, 0) is 19.9 Å². The van der Waals surface area contributed by atoms with Gasteiger partial charge in [-0.15, -0.1) is 0 Å². The molecule has 0 aliphatic heterocycles. The molecule has 0 spiro atoms. The van der Waals surface area contributed by atoms with Crippen LogP contribution in [0.2, 0.25) is 0 Å². The zero-order valence-corrected chi connectivity index (χ0v) is 13.1. The van der Waals surface area contributed by atoms with Gasteiger partial charge in [0.2, 0.25) is 5.91 Å². The van der Waals surface area contributed by atoms with E-state index < -0.39 is 23.9 Å². The van der Waals surface area contributed by atoms with Crippen molar-refractivity contribution in [2.75, 3.05) is 6.54 Å². The maximum atomic E-state index is 12.1. The van der Waals surface area contributed by atoms with Crippen LogP contribution in [0, 0.1) is 6.92 Å². The molecule has 1 heterocycles. The molecule has 0 aromatic carbocycles. The number of alkyl halides is 3. The summed E-state index contributed by atoms with van der Waals surface area (Å²) in [5.74, 6) is 0.124. The van der Waals surface area contributed by atoms with Gasteiger partial charge in [0, 0.05) is 11.6 Å². The molecule has 1 amide bonds. The largest absolute Gasteiger partial charge is 0.405 e. The number of aryl methyl sites for hydroxylation is 1. The van der Waals surface area contributed by atoms with E-state index >= 15 is 0 Å². The van der Waals surface area contributed by atoms with Crippen LogP contribution in [0.3, 0.4) is 0 Å². The van der Waals surface area contributed by atoms with E-state index in [1.165, 1.54) is 0 Å². The Morgan fingerprint density at radius 1 is 1.33 bits per heavy atom. The van der Waals surface area contributed by atoms with Gasteiger partial charge in [-0.2, -0.15) is 13.2 Å². The summed E-state index contributed by atoms with van der Waals surface area (Å²) in [6.45, 7) is 5.93.